The van der Waals surface area contributed by atoms with Crippen LogP contribution in [0, 0.1) is 0 Å². The van der Waals surface area contributed by atoms with Gasteiger partial charge in [0.2, 0.25) is 5.91 Å². The maximum Gasteiger partial charge on any atom is 0.248 e. The second kappa shape index (κ2) is 6.15. The van der Waals surface area contributed by atoms with Gasteiger partial charge in [-0.2, -0.15) is 5.10 Å². The van der Waals surface area contributed by atoms with E-state index in [2.05, 4.69) is 15.4 Å². The number of carbonyl (C=O) groups excluding carboxylic acids is 1. The number of hydrogen-bond acceptors (Lipinski definition) is 4. The van der Waals surface area contributed by atoms with Crippen LogP contribution in [0.2, 0.25) is 0 Å². The molecule has 104 valence electrons. The van der Waals surface area contributed by atoms with Crippen LogP contribution >= 0.6 is 11.3 Å². The van der Waals surface area contributed by atoms with Gasteiger partial charge in [-0.05, 0) is 41.8 Å². The quantitative estimate of drug-likeness (QED) is 0.753. The van der Waals surface area contributed by atoms with Crippen LogP contribution in [0.5, 0.6) is 0 Å². The van der Waals surface area contributed by atoms with Gasteiger partial charge in [-0.25, -0.2) is 9.67 Å². The Labute approximate surface area is 125 Å². The fourth-order valence-corrected chi connectivity index (χ4v) is 2.38. The first-order valence-corrected chi connectivity index (χ1v) is 7.17. The van der Waals surface area contributed by atoms with Crippen LogP contribution in [0.3, 0.4) is 0 Å². The predicted octanol–water partition coefficient (Wildman–Crippen LogP) is 2.98. The van der Waals surface area contributed by atoms with E-state index in [1.54, 1.807) is 28.4 Å². The highest BCUT2D eigenvalue weighted by molar-refractivity contribution is 7.10. The molecule has 21 heavy (non-hydrogen) atoms. The van der Waals surface area contributed by atoms with E-state index in [0.717, 1.165) is 16.3 Å². The molecule has 3 aromatic rings. The fraction of sp³-hybridized carbons (Fsp3) is 0. The Morgan fingerprint density at radius 3 is 2.76 bits per heavy atom. The smallest absolute Gasteiger partial charge is 0.248 e. The Morgan fingerprint density at radius 2 is 2.10 bits per heavy atom. The molecular weight excluding hydrogens is 284 g/mol. The molecule has 0 aliphatic carbocycles. The van der Waals surface area contributed by atoms with Gasteiger partial charge in [0.15, 0.2) is 0 Å². The molecule has 6 heteroatoms. The molecule has 2 heterocycles. The van der Waals surface area contributed by atoms with Crippen molar-refractivity contribution in [3.63, 3.8) is 0 Å². The summed E-state index contributed by atoms with van der Waals surface area (Å²) < 4.78 is 1.66. The van der Waals surface area contributed by atoms with Gasteiger partial charge in [-0.1, -0.05) is 6.07 Å². The van der Waals surface area contributed by atoms with E-state index in [1.165, 1.54) is 12.4 Å². The van der Waals surface area contributed by atoms with Crippen LogP contribution < -0.4 is 5.32 Å². The van der Waals surface area contributed by atoms with E-state index < -0.39 is 0 Å². The number of aromatic nitrogens is 3. The zero-order valence-corrected chi connectivity index (χ0v) is 11.8. The SMILES string of the molecule is O=C(/C=C/c1cccs1)Nc1ccc(-n2cncn2)cc1. The zero-order chi connectivity index (χ0) is 14.5. The lowest BCUT2D eigenvalue weighted by atomic mass is 10.3. The van der Waals surface area contributed by atoms with Gasteiger partial charge < -0.3 is 5.32 Å². The summed E-state index contributed by atoms with van der Waals surface area (Å²) in [7, 11) is 0. The standard InChI is InChI=1S/C15H12N4OS/c20-15(8-7-14-2-1-9-21-14)18-12-3-5-13(6-4-12)19-11-16-10-17-19/h1-11H,(H,18,20)/b8-7+. The number of carbonyl (C=O) groups is 1. The molecule has 0 spiro atoms. The summed E-state index contributed by atoms with van der Waals surface area (Å²) in [6, 6.07) is 11.3. The lowest BCUT2D eigenvalue weighted by Gasteiger charge is -2.04. The molecule has 1 aromatic carbocycles. The minimum absolute atomic E-state index is 0.156. The highest BCUT2D eigenvalue weighted by atomic mass is 32.1. The molecule has 0 aliphatic heterocycles. The third-order valence-corrected chi connectivity index (χ3v) is 3.60. The van der Waals surface area contributed by atoms with Crippen molar-refractivity contribution in [2.24, 2.45) is 0 Å². The number of nitrogens with zero attached hydrogens (tertiary/aromatic N) is 3. The van der Waals surface area contributed by atoms with E-state index in [1.807, 2.05) is 41.8 Å². The van der Waals surface area contributed by atoms with Crippen molar-refractivity contribution in [1.29, 1.82) is 0 Å². The van der Waals surface area contributed by atoms with Crippen LogP contribution in [-0.2, 0) is 4.79 Å². The van der Waals surface area contributed by atoms with Crippen molar-refractivity contribution in [1.82, 2.24) is 14.8 Å². The Hall–Kier alpha value is -2.73. The summed E-state index contributed by atoms with van der Waals surface area (Å²) in [5, 5.41) is 8.83. The normalized spacial score (nSPS) is 10.9. The van der Waals surface area contributed by atoms with E-state index in [0.29, 0.717) is 0 Å². The highest BCUT2D eigenvalue weighted by Gasteiger charge is 2.00. The zero-order valence-electron chi connectivity index (χ0n) is 11.0. The third-order valence-electron chi connectivity index (χ3n) is 2.76. The summed E-state index contributed by atoms with van der Waals surface area (Å²) >= 11 is 1.59. The van der Waals surface area contributed by atoms with Crippen molar-refractivity contribution in [3.8, 4) is 5.69 Å². The first kappa shape index (κ1) is 13.3. The van der Waals surface area contributed by atoms with Gasteiger partial charge in [-0.3, -0.25) is 4.79 Å². The van der Waals surface area contributed by atoms with Gasteiger partial charge in [0, 0.05) is 16.6 Å². The molecule has 0 saturated carbocycles. The molecule has 2 aromatic heterocycles. The second-order valence-electron chi connectivity index (χ2n) is 4.22. The Morgan fingerprint density at radius 1 is 1.24 bits per heavy atom. The Kier molecular flexibility index (Phi) is 3.88. The molecule has 0 radical (unpaired) electrons. The first-order valence-electron chi connectivity index (χ1n) is 6.29. The summed E-state index contributed by atoms with van der Waals surface area (Å²) in [4.78, 5) is 16.7. The summed E-state index contributed by atoms with van der Waals surface area (Å²) in [6.07, 6.45) is 6.42. The van der Waals surface area contributed by atoms with Gasteiger partial charge in [0.05, 0.1) is 5.69 Å². The Bertz CT molecular complexity index is 731. The minimum Gasteiger partial charge on any atom is -0.323 e. The van der Waals surface area contributed by atoms with Crippen LogP contribution in [-0.4, -0.2) is 20.7 Å². The van der Waals surface area contributed by atoms with Crippen LogP contribution in [0.1, 0.15) is 4.88 Å². The average Bonchev–Trinajstić information content (AvgIpc) is 3.19. The average molecular weight is 296 g/mol. The highest BCUT2D eigenvalue weighted by Crippen LogP contribution is 2.13. The largest absolute Gasteiger partial charge is 0.323 e. The minimum atomic E-state index is -0.156. The van der Waals surface area contributed by atoms with Crippen molar-refractivity contribution in [2.75, 3.05) is 5.32 Å². The van der Waals surface area contributed by atoms with Crippen LogP contribution in [0.4, 0.5) is 5.69 Å². The third kappa shape index (κ3) is 3.43. The molecule has 5 nitrogen and oxygen atoms in total. The molecule has 0 aliphatic rings. The molecule has 0 saturated heterocycles. The van der Waals surface area contributed by atoms with E-state index in [9.17, 15) is 4.79 Å². The topological polar surface area (TPSA) is 59.8 Å². The number of amides is 1. The van der Waals surface area contributed by atoms with Crippen molar-refractivity contribution >= 4 is 29.0 Å². The molecular formula is C15H12N4OS. The van der Waals surface area contributed by atoms with Gasteiger partial charge >= 0.3 is 0 Å². The summed E-state index contributed by atoms with van der Waals surface area (Å²) in [5.41, 5.74) is 1.62. The predicted molar refractivity (Wildman–Crippen MR) is 83.3 cm³/mol. The van der Waals surface area contributed by atoms with Gasteiger partial charge in [0.1, 0.15) is 12.7 Å². The van der Waals surface area contributed by atoms with E-state index in [4.69, 9.17) is 0 Å². The maximum atomic E-state index is 11.8. The molecule has 0 atom stereocenters. The van der Waals surface area contributed by atoms with E-state index in [-0.39, 0.29) is 5.91 Å². The summed E-state index contributed by atoms with van der Waals surface area (Å²) in [5.74, 6) is -0.156. The number of hydrogen-bond donors (Lipinski definition) is 1. The Balaban J connectivity index is 1.64. The van der Waals surface area contributed by atoms with Crippen LogP contribution in [0.25, 0.3) is 11.8 Å². The van der Waals surface area contributed by atoms with Crippen molar-refractivity contribution in [2.45, 2.75) is 0 Å². The molecule has 1 N–H and O–H groups in total. The molecule has 0 unspecified atom stereocenters. The molecule has 1 amide bonds. The van der Waals surface area contributed by atoms with Gasteiger partial charge in [0.25, 0.3) is 0 Å². The van der Waals surface area contributed by atoms with Gasteiger partial charge in [-0.15, -0.1) is 11.3 Å². The molecule has 0 bridgehead atoms. The van der Waals surface area contributed by atoms with E-state index >= 15 is 0 Å². The number of thiophene rings is 1. The van der Waals surface area contributed by atoms with Crippen molar-refractivity contribution in [3.05, 3.63) is 65.4 Å². The number of benzene rings is 1. The monoisotopic (exact) mass is 296 g/mol. The lowest BCUT2D eigenvalue weighted by Crippen LogP contribution is -2.07. The number of rotatable bonds is 4. The van der Waals surface area contributed by atoms with Crippen LogP contribution in [0.15, 0.2) is 60.5 Å². The lowest BCUT2D eigenvalue weighted by molar-refractivity contribution is -0.111. The first-order chi connectivity index (χ1) is 10.3. The molecule has 3 rings (SSSR count). The maximum absolute atomic E-state index is 11.8. The fourth-order valence-electron chi connectivity index (χ4n) is 1.77. The number of anilines is 1. The molecule has 0 fully saturated rings. The summed E-state index contributed by atoms with van der Waals surface area (Å²) in [6.45, 7) is 0. The second-order valence-corrected chi connectivity index (χ2v) is 5.20. The number of nitrogens with one attached hydrogen (secondary N) is 1. The van der Waals surface area contributed by atoms with Crippen molar-refractivity contribution < 1.29 is 4.79 Å².